The number of benzene rings is 1. The van der Waals surface area contributed by atoms with Crippen LogP contribution in [-0.4, -0.2) is 35.6 Å². The fraction of sp³-hybridized carbons (Fsp3) is 0.200. The lowest BCUT2D eigenvalue weighted by molar-refractivity contribution is -0.148. The highest BCUT2D eigenvalue weighted by Crippen LogP contribution is 2.25. The van der Waals surface area contributed by atoms with Gasteiger partial charge in [0, 0.05) is 17.8 Å². The van der Waals surface area contributed by atoms with Crippen molar-refractivity contribution in [3.8, 4) is 11.1 Å². The molecule has 0 bridgehead atoms. The molecule has 0 spiro atoms. The van der Waals surface area contributed by atoms with Crippen molar-refractivity contribution in [3.63, 3.8) is 0 Å². The van der Waals surface area contributed by atoms with E-state index in [1.54, 1.807) is 0 Å². The predicted octanol–water partition coefficient (Wildman–Crippen LogP) is 1.92. The maximum Gasteiger partial charge on any atom is 0.333 e. The molecule has 0 aliphatic rings. The average molecular weight is 333 g/mol. The third-order valence-corrected chi connectivity index (χ3v) is 3.68. The second-order valence-electron chi connectivity index (χ2n) is 5.50. The van der Waals surface area contributed by atoms with Crippen molar-refractivity contribution in [2.24, 2.45) is 0 Å². The van der Waals surface area contributed by atoms with Crippen LogP contribution in [0.4, 0.5) is 8.78 Å². The van der Waals surface area contributed by atoms with E-state index in [0.29, 0.717) is 5.56 Å². The lowest BCUT2D eigenvalue weighted by Crippen LogP contribution is -2.43. The van der Waals surface area contributed by atoms with Crippen molar-refractivity contribution < 1.29 is 18.7 Å². The molecule has 1 N–H and O–H groups in total. The van der Waals surface area contributed by atoms with Crippen molar-refractivity contribution in [2.75, 3.05) is 0 Å². The Morgan fingerprint density at radius 2 is 1.92 bits per heavy atom. The summed E-state index contributed by atoms with van der Waals surface area (Å²) < 4.78 is 29.3. The number of hydrogen-bond acceptors (Lipinski definition) is 4. The molecule has 0 amide bonds. The zero-order valence-electron chi connectivity index (χ0n) is 12.6. The predicted molar refractivity (Wildman–Crippen MR) is 78.9 cm³/mol. The summed E-state index contributed by atoms with van der Waals surface area (Å²) in [5.41, 5.74) is -0.774. The van der Waals surface area contributed by atoms with Gasteiger partial charge in [-0.05, 0) is 24.6 Å². The van der Waals surface area contributed by atoms with Gasteiger partial charge in [-0.15, -0.1) is 0 Å². The van der Waals surface area contributed by atoms with Crippen LogP contribution in [0.3, 0.4) is 0 Å². The molecule has 7 nitrogen and oxygen atoms in total. The smallest absolute Gasteiger partial charge is 0.333 e. The molecule has 3 aromatic rings. The summed E-state index contributed by atoms with van der Waals surface area (Å²) in [6.07, 6.45) is 5.48. The normalized spacial score (nSPS) is 13.6. The zero-order valence-corrected chi connectivity index (χ0v) is 12.6. The molecule has 24 heavy (non-hydrogen) atoms. The molecule has 2 heterocycles. The van der Waals surface area contributed by atoms with Gasteiger partial charge < -0.3 is 5.11 Å². The highest BCUT2D eigenvalue weighted by atomic mass is 19.1. The van der Waals surface area contributed by atoms with Crippen LogP contribution in [0.1, 0.15) is 6.92 Å². The average Bonchev–Trinajstić information content (AvgIpc) is 3.17. The Morgan fingerprint density at radius 3 is 2.50 bits per heavy atom. The van der Waals surface area contributed by atoms with Crippen LogP contribution in [0.25, 0.3) is 11.1 Å². The van der Waals surface area contributed by atoms with E-state index < -0.39 is 23.1 Å². The lowest BCUT2D eigenvalue weighted by atomic mass is 10.0. The summed E-state index contributed by atoms with van der Waals surface area (Å²) in [5, 5.41) is 17.6. The van der Waals surface area contributed by atoms with Gasteiger partial charge in [0.2, 0.25) is 0 Å². The van der Waals surface area contributed by atoms with Crippen molar-refractivity contribution in [1.29, 1.82) is 0 Å². The molecule has 2 aromatic heterocycles. The Morgan fingerprint density at radius 1 is 1.21 bits per heavy atom. The van der Waals surface area contributed by atoms with E-state index >= 15 is 0 Å². The first-order valence-corrected chi connectivity index (χ1v) is 6.96. The Balaban J connectivity index is 1.99. The molecular weight excluding hydrogens is 320 g/mol. The number of aromatic nitrogens is 5. The van der Waals surface area contributed by atoms with Gasteiger partial charge >= 0.3 is 5.97 Å². The third kappa shape index (κ3) is 2.87. The Labute approximate surface area is 135 Å². The standard InChI is InChI=1S/C15H13F2N5O2/c1-15(14(23)24,7-21-9-18-8-20-21)22-6-11(5-19-22)10-2-12(16)4-13(17)3-10/h2-6,8-9H,7H2,1H3,(H,23,24). The first-order valence-electron chi connectivity index (χ1n) is 6.96. The van der Waals surface area contributed by atoms with E-state index in [-0.39, 0.29) is 12.1 Å². The molecule has 3 rings (SSSR count). The van der Waals surface area contributed by atoms with E-state index in [1.807, 2.05) is 0 Å². The number of rotatable bonds is 5. The zero-order chi connectivity index (χ0) is 17.3. The lowest BCUT2D eigenvalue weighted by Gasteiger charge is -2.25. The highest BCUT2D eigenvalue weighted by Gasteiger charge is 2.37. The molecule has 1 atom stereocenters. The minimum Gasteiger partial charge on any atom is -0.479 e. The van der Waals surface area contributed by atoms with Gasteiger partial charge in [0.05, 0.1) is 12.7 Å². The molecule has 0 aliphatic carbocycles. The van der Waals surface area contributed by atoms with Crippen LogP contribution >= 0.6 is 0 Å². The number of hydrogen-bond donors (Lipinski definition) is 1. The van der Waals surface area contributed by atoms with E-state index in [9.17, 15) is 18.7 Å². The molecule has 0 saturated heterocycles. The number of halogens is 2. The van der Waals surface area contributed by atoms with Crippen LogP contribution in [0.2, 0.25) is 0 Å². The molecule has 0 fully saturated rings. The Hall–Kier alpha value is -3.10. The molecule has 0 radical (unpaired) electrons. The van der Waals surface area contributed by atoms with Crippen molar-refractivity contribution in [3.05, 3.63) is 54.9 Å². The summed E-state index contributed by atoms with van der Waals surface area (Å²) in [7, 11) is 0. The molecular formula is C15H13F2N5O2. The third-order valence-electron chi connectivity index (χ3n) is 3.68. The van der Waals surface area contributed by atoms with Crippen LogP contribution in [-0.2, 0) is 16.9 Å². The molecule has 124 valence electrons. The summed E-state index contributed by atoms with van der Waals surface area (Å²) >= 11 is 0. The largest absolute Gasteiger partial charge is 0.479 e. The fourth-order valence-electron chi connectivity index (χ4n) is 2.33. The van der Waals surface area contributed by atoms with E-state index in [1.165, 1.54) is 41.3 Å². The first-order chi connectivity index (χ1) is 11.4. The number of carboxylic acids is 1. The summed E-state index contributed by atoms with van der Waals surface area (Å²) in [6.45, 7) is 1.46. The minimum atomic E-state index is -1.45. The van der Waals surface area contributed by atoms with Gasteiger partial charge in [-0.1, -0.05) is 0 Å². The van der Waals surface area contributed by atoms with Crippen molar-refractivity contribution in [1.82, 2.24) is 24.5 Å². The Kier molecular flexibility index (Phi) is 3.84. The van der Waals surface area contributed by atoms with Crippen LogP contribution < -0.4 is 0 Å². The first kappa shape index (κ1) is 15.8. The van der Waals surface area contributed by atoms with Gasteiger partial charge in [-0.3, -0.25) is 4.68 Å². The molecule has 0 aliphatic heterocycles. The van der Waals surface area contributed by atoms with Crippen LogP contribution in [0.15, 0.2) is 43.2 Å². The number of nitrogens with zero attached hydrogens (tertiary/aromatic N) is 5. The van der Waals surface area contributed by atoms with E-state index in [4.69, 9.17) is 0 Å². The second-order valence-corrected chi connectivity index (χ2v) is 5.50. The summed E-state index contributed by atoms with van der Waals surface area (Å²) in [6, 6.07) is 3.07. The summed E-state index contributed by atoms with van der Waals surface area (Å²) in [4.78, 5) is 15.5. The van der Waals surface area contributed by atoms with Gasteiger partial charge in [0.15, 0.2) is 5.54 Å². The van der Waals surface area contributed by atoms with Gasteiger partial charge in [0.1, 0.15) is 24.3 Å². The van der Waals surface area contributed by atoms with E-state index in [2.05, 4.69) is 15.2 Å². The number of carbonyl (C=O) groups is 1. The molecule has 0 saturated carbocycles. The Bertz CT molecular complexity index is 858. The highest BCUT2D eigenvalue weighted by molar-refractivity contribution is 5.76. The van der Waals surface area contributed by atoms with Crippen LogP contribution in [0.5, 0.6) is 0 Å². The number of aliphatic carboxylic acids is 1. The SMILES string of the molecule is CC(Cn1cncn1)(C(=O)O)n1cc(-c2cc(F)cc(F)c2)cn1. The van der Waals surface area contributed by atoms with Crippen molar-refractivity contribution in [2.45, 2.75) is 19.0 Å². The quantitative estimate of drug-likeness (QED) is 0.771. The van der Waals surface area contributed by atoms with Crippen molar-refractivity contribution >= 4 is 5.97 Å². The van der Waals surface area contributed by atoms with E-state index in [0.717, 1.165) is 18.2 Å². The maximum absolute atomic E-state index is 13.4. The minimum absolute atomic E-state index is 0.0129. The molecule has 9 heteroatoms. The monoisotopic (exact) mass is 333 g/mol. The number of carboxylic acid groups (broad SMARTS) is 1. The molecule has 1 unspecified atom stereocenters. The van der Waals surface area contributed by atoms with Gasteiger partial charge in [-0.2, -0.15) is 10.2 Å². The second kappa shape index (κ2) is 5.84. The maximum atomic E-state index is 13.4. The van der Waals surface area contributed by atoms with Gasteiger partial charge in [-0.25, -0.2) is 23.2 Å². The van der Waals surface area contributed by atoms with Crippen LogP contribution in [0, 0.1) is 11.6 Å². The fourth-order valence-corrected chi connectivity index (χ4v) is 2.33. The summed E-state index contributed by atoms with van der Waals surface area (Å²) in [5.74, 6) is -2.57. The molecule has 1 aromatic carbocycles. The topological polar surface area (TPSA) is 85.8 Å². The van der Waals surface area contributed by atoms with Gasteiger partial charge in [0.25, 0.3) is 0 Å².